The van der Waals surface area contributed by atoms with Gasteiger partial charge in [0.15, 0.2) is 0 Å². The Morgan fingerprint density at radius 3 is 2.60 bits per heavy atom. The first-order chi connectivity index (χ1) is 25.4. The first-order valence-corrected chi connectivity index (χ1v) is 18.1. The van der Waals surface area contributed by atoms with Crippen molar-refractivity contribution >= 4 is 11.6 Å². The highest BCUT2D eigenvalue weighted by Crippen LogP contribution is 2.36. The van der Waals surface area contributed by atoms with E-state index in [2.05, 4.69) is 69.4 Å². The van der Waals surface area contributed by atoms with Crippen LogP contribution in [0.25, 0.3) is 11.1 Å². The first kappa shape index (κ1) is 36.9. The number of benzene rings is 3. The maximum Gasteiger partial charge on any atom is 0.142 e. The van der Waals surface area contributed by atoms with Crippen molar-refractivity contribution in [1.29, 1.82) is 5.26 Å². The summed E-state index contributed by atoms with van der Waals surface area (Å²) in [4.78, 5) is 13.7. The number of rotatable bonds is 17. The number of β-amino-alcohol motifs (C(OH)–C–C–N with tert-alkyl or cyclic N) is 1. The van der Waals surface area contributed by atoms with Gasteiger partial charge in [0, 0.05) is 74.9 Å². The van der Waals surface area contributed by atoms with Crippen LogP contribution in [-0.4, -0.2) is 63.8 Å². The van der Waals surface area contributed by atoms with Gasteiger partial charge in [0.05, 0.1) is 35.3 Å². The van der Waals surface area contributed by atoms with E-state index in [0.29, 0.717) is 41.8 Å². The minimum atomic E-state index is -0.201. The van der Waals surface area contributed by atoms with Crippen LogP contribution in [-0.2, 0) is 26.2 Å². The summed E-state index contributed by atoms with van der Waals surface area (Å²) in [6, 6.07) is 20.1. The molecule has 0 aliphatic carbocycles. The van der Waals surface area contributed by atoms with Crippen LogP contribution in [0.3, 0.4) is 0 Å². The van der Waals surface area contributed by atoms with Gasteiger partial charge in [-0.05, 0) is 72.7 Å². The van der Waals surface area contributed by atoms with Crippen LogP contribution in [0.2, 0.25) is 5.02 Å². The summed E-state index contributed by atoms with van der Waals surface area (Å²) < 4.78 is 18.9. The van der Waals surface area contributed by atoms with Crippen LogP contribution < -0.4 is 19.5 Å². The maximum atomic E-state index is 9.80. The molecule has 6 rings (SSSR count). The van der Waals surface area contributed by atoms with Crippen molar-refractivity contribution in [2.45, 2.75) is 59.0 Å². The molecule has 10 nitrogen and oxygen atoms in total. The smallest absolute Gasteiger partial charge is 0.142 e. The fourth-order valence-corrected chi connectivity index (χ4v) is 6.69. The number of halogens is 1. The van der Waals surface area contributed by atoms with Crippen molar-refractivity contribution in [3.8, 4) is 34.4 Å². The molecule has 1 unspecified atom stereocenters. The molecule has 11 heteroatoms. The number of aliphatic hydroxyl groups is 1. The van der Waals surface area contributed by atoms with Gasteiger partial charge in [0.25, 0.3) is 0 Å². The maximum absolute atomic E-state index is 9.80. The van der Waals surface area contributed by atoms with Crippen molar-refractivity contribution in [2.24, 2.45) is 0 Å². The molecule has 1 aliphatic heterocycles. The van der Waals surface area contributed by atoms with E-state index >= 15 is 0 Å². The van der Waals surface area contributed by atoms with E-state index in [9.17, 15) is 10.4 Å². The largest absolute Gasteiger partial charge is 0.493 e. The summed E-state index contributed by atoms with van der Waals surface area (Å²) in [5.74, 6) is 2.02. The zero-order chi connectivity index (χ0) is 36.3. The van der Waals surface area contributed by atoms with Crippen LogP contribution in [0.15, 0.2) is 79.5 Å². The third kappa shape index (κ3) is 9.69. The molecule has 1 fully saturated rings. The van der Waals surface area contributed by atoms with Gasteiger partial charge in [-0.15, -0.1) is 0 Å². The van der Waals surface area contributed by atoms with E-state index in [1.54, 1.807) is 18.6 Å². The third-order valence-corrected chi connectivity index (χ3v) is 9.68. The topological polar surface area (TPSA) is 129 Å². The second-order valence-electron chi connectivity index (χ2n) is 13.1. The summed E-state index contributed by atoms with van der Waals surface area (Å²) >= 11 is 6.82. The SMILES string of the molecule is Cc1c(COc2cc(OCc3cncc(C#N)c3)c(CNCCc3c[nH]cn3)cc2Cl)cccc1-c1cccc(OCCCN2CCC(O)C2)c1C. The Morgan fingerprint density at radius 1 is 0.981 bits per heavy atom. The molecule has 5 aromatic rings. The van der Waals surface area contributed by atoms with Crippen LogP contribution in [0, 0.1) is 25.2 Å². The molecule has 3 N–H and O–H groups in total. The molecule has 1 aliphatic rings. The van der Waals surface area contributed by atoms with Crippen molar-refractivity contribution < 1.29 is 19.3 Å². The Morgan fingerprint density at radius 2 is 1.81 bits per heavy atom. The summed E-state index contributed by atoms with van der Waals surface area (Å²) in [5.41, 5.74) is 8.61. The van der Waals surface area contributed by atoms with E-state index in [1.807, 2.05) is 30.5 Å². The molecule has 0 amide bonds. The van der Waals surface area contributed by atoms with Gasteiger partial charge in [-0.1, -0.05) is 41.9 Å². The predicted molar refractivity (Wildman–Crippen MR) is 202 cm³/mol. The number of H-pyrrole nitrogens is 1. The van der Waals surface area contributed by atoms with Gasteiger partial charge in [-0.3, -0.25) is 4.98 Å². The van der Waals surface area contributed by atoms with E-state index < -0.39 is 0 Å². The van der Waals surface area contributed by atoms with Crippen LogP contribution in [0.5, 0.6) is 17.2 Å². The highest BCUT2D eigenvalue weighted by molar-refractivity contribution is 6.32. The molecular weight excluding hydrogens is 676 g/mol. The van der Waals surface area contributed by atoms with E-state index in [4.69, 9.17) is 25.8 Å². The lowest BCUT2D eigenvalue weighted by atomic mass is 9.93. The van der Waals surface area contributed by atoms with E-state index in [-0.39, 0.29) is 12.7 Å². The molecule has 52 heavy (non-hydrogen) atoms. The molecule has 3 aromatic carbocycles. The minimum Gasteiger partial charge on any atom is -0.493 e. The Bertz CT molecular complexity index is 1980. The van der Waals surface area contributed by atoms with Gasteiger partial charge in [0.1, 0.15) is 36.5 Å². The molecule has 2 aromatic heterocycles. The van der Waals surface area contributed by atoms with Crippen LogP contribution in [0.1, 0.15) is 51.9 Å². The normalized spacial score (nSPS) is 14.3. The number of aromatic amines is 1. The number of hydrogen-bond donors (Lipinski definition) is 3. The predicted octanol–water partition coefficient (Wildman–Crippen LogP) is 6.94. The monoisotopic (exact) mass is 720 g/mol. The lowest BCUT2D eigenvalue weighted by molar-refractivity contribution is 0.173. The second kappa shape index (κ2) is 18.0. The number of likely N-dealkylation sites (tertiary alicyclic amines) is 1. The molecule has 3 heterocycles. The van der Waals surface area contributed by atoms with Gasteiger partial charge in [-0.2, -0.15) is 5.26 Å². The van der Waals surface area contributed by atoms with Gasteiger partial charge < -0.3 is 34.5 Å². The van der Waals surface area contributed by atoms with Crippen molar-refractivity contribution in [3.05, 3.63) is 124 Å². The van der Waals surface area contributed by atoms with Crippen molar-refractivity contribution in [2.75, 3.05) is 32.8 Å². The summed E-state index contributed by atoms with van der Waals surface area (Å²) in [6.07, 6.45) is 9.12. The van der Waals surface area contributed by atoms with Gasteiger partial charge >= 0.3 is 0 Å². The number of hydrogen-bond acceptors (Lipinski definition) is 9. The molecule has 1 atom stereocenters. The van der Waals surface area contributed by atoms with Gasteiger partial charge in [0.2, 0.25) is 0 Å². The first-order valence-electron chi connectivity index (χ1n) is 17.7. The number of pyridine rings is 1. The quantitative estimate of drug-likeness (QED) is 0.0876. The van der Waals surface area contributed by atoms with Crippen molar-refractivity contribution in [3.63, 3.8) is 0 Å². The second-order valence-corrected chi connectivity index (χ2v) is 13.5. The number of aromatic nitrogens is 3. The van der Waals surface area contributed by atoms with Crippen LogP contribution >= 0.6 is 11.6 Å². The number of aliphatic hydroxyl groups excluding tert-OH is 1. The van der Waals surface area contributed by atoms with E-state index in [1.165, 1.54) is 6.20 Å². The molecule has 0 saturated carbocycles. The Hall–Kier alpha value is -4.92. The molecule has 1 saturated heterocycles. The Balaban J connectivity index is 1.14. The average Bonchev–Trinajstić information content (AvgIpc) is 3.84. The summed E-state index contributed by atoms with van der Waals surface area (Å²) in [6.45, 7) is 9.27. The molecule has 0 radical (unpaired) electrons. The summed E-state index contributed by atoms with van der Waals surface area (Å²) in [5, 5.41) is 23.1. The number of imidazole rings is 1. The standard InChI is InChI=1S/C41H45ClN6O4/c1-28-32(6-3-7-36(28)37-8-4-9-39(29(37)2)50-15-5-13-48-14-11-35(49)24-48)26-52-41-18-40(51-25-31-16-30(19-43)20-45-21-31)33(17-38(41)42)22-44-12-10-34-23-46-27-47-34/h3-4,6-9,16-18,20-21,23,27,35,44,49H,5,10-15,22,24-26H2,1-2H3,(H,46,47). The zero-order valence-electron chi connectivity index (χ0n) is 29.7. The van der Waals surface area contributed by atoms with E-state index in [0.717, 1.165) is 95.8 Å². The highest BCUT2D eigenvalue weighted by atomic mass is 35.5. The molecule has 0 bridgehead atoms. The van der Waals surface area contributed by atoms with Gasteiger partial charge in [-0.25, -0.2) is 4.98 Å². The Kier molecular flexibility index (Phi) is 12.8. The average molecular weight is 721 g/mol. The molecule has 0 spiro atoms. The lowest BCUT2D eigenvalue weighted by Gasteiger charge is -2.19. The highest BCUT2D eigenvalue weighted by Gasteiger charge is 2.20. The fourth-order valence-electron chi connectivity index (χ4n) is 6.45. The molecular formula is C41H45ClN6O4. The number of ether oxygens (including phenoxy) is 3. The number of nitrogens with zero attached hydrogens (tertiary/aromatic N) is 4. The Labute approximate surface area is 310 Å². The molecule has 270 valence electrons. The lowest BCUT2D eigenvalue weighted by Crippen LogP contribution is -2.24. The number of nitrogens with one attached hydrogen (secondary N) is 2. The number of nitriles is 1. The van der Waals surface area contributed by atoms with Crippen LogP contribution in [0.4, 0.5) is 0 Å². The third-order valence-electron chi connectivity index (χ3n) is 9.39. The fraction of sp³-hybridized carbons (Fsp3) is 0.341. The summed E-state index contributed by atoms with van der Waals surface area (Å²) in [7, 11) is 0. The van der Waals surface area contributed by atoms with Crippen molar-refractivity contribution in [1.82, 2.24) is 25.2 Å². The minimum absolute atomic E-state index is 0.201. The zero-order valence-corrected chi connectivity index (χ0v) is 30.5.